The molecule has 1 unspecified atom stereocenters. The first-order valence-electron chi connectivity index (χ1n) is 7.34. The van der Waals surface area contributed by atoms with Crippen LogP contribution in [0.2, 0.25) is 0 Å². The van der Waals surface area contributed by atoms with Crippen LogP contribution >= 0.6 is 11.8 Å². The van der Waals surface area contributed by atoms with Crippen molar-refractivity contribution in [3.05, 3.63) is 65.2 Å². The molecule has 2 rings (SSSR count). The number of benzene rings is 2. The van der Waals surface area contributed by atoms with Gasteiger partial charge < -0.3 is 5.11 Å². The molecule has 2 aromatic rings. The van der Waals surface area contributed by atoms with Crippen LogP contribution in [0.4, 0.5) is 13.2 Å². The van der Waals surface area contributed by atoms with E-state index >= 15 is 0 Å². The van der Waals surface area contributed by atoms with Crippen molar-refractivity contribution in [2.24, 2.45) is 0 Å². The molecule has 0 aliphatic rings. The number of hydrogen-bond donors (Lipinski definition) is 1. The molecule has 2 aromatic carbocycles. The Hall–Kier alpha value is -1.46. The lowest BCUT2D eigenvalue weighted by Crippen LogP contribution is -2.28. The Kier molecular flexibility index (Phi) is 5.42. The lowest BCUT2D eigenvalue weighted by Gasteiger charge is -2.27. The minimum absolute atomic E-state index is 0.387. The fourth-order valence-electron chi connectivity index (χ4n) is 2.20. The molecule has 0 radical (unpaired) electrons. The van der Waals surface area contributed by atoms with Crippen molar-refractivity contribution in [3.8, 4) is 0 Å². The fourth-order valence-corrected chi connectivity index (χ4v) is 3.30. The van der Waals surface area contributed by atoms with Crippen molar-refractivity contribution in [1.82, 2.24) is 0 Å². The summed E-state index contributed by atoms with van der Waals surface area (Å²) in [6.07, 6.45) is -3.93. The summed E-state index contributed by atoms with van der Waals surface area (Å²) in [5, 5.41) is 10.8. The van der Waals surface area contributed by atoms with Crippen molar-refractivity contribution in [2.75, 3.05) is 5.75 Å². The van der Waals surface area contributed by atoms with Gasteiger partial charge in [-0.3, -0.25) is 0 Å². The van der Waals surface area contributed by atoms with Gasteiger partial charge in [0.25, 0.3) is 0 Å². The monoisotopic (exact) mass is 340 g/mol. The Morgan fingerprint density at radius 2 is 1.43 bits per heavy atom. The molecule has 124 valence electrons. The van der Waals surface area contributed by atoms with Crippen LogP contribution in [0.5, 0.6) is 0 Å². The SMILES string of the molecule is CCC(O)(CSc1ccc(C)cc1)c1ccc(C(F)(F)F)cc1. The van der Waals surface area contributed by atoms with E-state index in [0.717, 1.165) is 22.6 Å². The summed E-state index contributed by atoms with van der Waals surface area (Å²) in [6.45, 7) is 3.83. The van der Waals surface area contributed by atoms with Crippen LogP contribution in [0, 0.1) is 6.92 Å². The molecule has 0 amide bonds. The second kappa shape index (κ2) is 6.97. The number of thioether (sulfide) groups is 1. The van der Waals surface area contributed by atoms with Gasteiger partial charge in [-0.25, -0.2) is 0 Å². The Balaban J connectivity index is 2.14. The molecule has 0 bridgehead atoms. The average molecular weight is 340 g/mol. The van der Waals surface area contributed by atoms with Gasteiger partial charge in [-0.1, -0.05) is 36.8 Å². The highest BCUT2D eigenvalue weighted by atomic mass is 32.2. The van der Waals surface area contributed by atoms with Crippen LogP contribution in [0.3, 0.4) is 0 Å². The zero-order valence-electron chi connectivity index (χ0n) is 13.0. The van der Waals surface area contributed by atoms with E-state index < -0.39 is 17.3 Å². The van der Waals surface area contributed by atoms with Crippen molar-refractivity contribution >= 4 is 11.8 Å². The lowest BCUT2D eigenvalue weighted by atomic mass is 9.92. The summed E-state index contributed by atoms with van der Waals surface area (Å²) < 4.78 is 37.9. The molecule has 5 heteroatoms. The highest BCUT2D eigenvalue weighted by Crippen LogP contribution is 2.35. The Morgan fingerprint density at radius 3 is 1.91 bits per heavy atom. The second-order valence-corrected chi connectivity index (χ2v) is 6.61. The second-order valence-electron chi connectivity index (χ2n) is 5.56. The maximum atomic E-state index is 12.6. The average Bonchev–Trinajstić information content (AvgIpc) is 2.53. The van der Waals surface area contributed by atoms with E-state index in [1.807, 2.05) is 38.1 Å². The number of aliphatic hydroxyl groups is 1. The Morgan fingerprint density at radius 1 is 0.913 bits per heavy atom. The molecule has 1 nitrogen and oxygen atoms in total. The summed E-state index contributed by atoms with van der Waals surface area (Å²) in [7, 11) is 0. The van der Waals surface area contributed by atoms with Crippen LogP contribution < -0.4 is 0 Å². The van der Waals surface area contributed by atoms with Crippen LogP contribution in [-0.2, 0) is 11.8 Å². The van der Waals surface area contributed by atoms with Crippen LogP contribution in [0.1, 0.15) is 30.0 Å². The van der Waals surface area contributed by atoms with E-state index in [0.29, 0.717) is 17.7 Å². The largest absolute Gasteiger partial charge is 0.416 e. The standard InChI is InChI=1S/C18H19F3OS/c1-3-17(22,12-23-16-10-4-13(2)5-11-16)14-6-8-15(9-7-14)18(19,20)21/h4-11,22H,3,12H2,1-2H3. The molecule has 0 aliphatic carbocycles. The van der Waals surface area contributed by atoms with Gasteiger partial charge in [-0.15, -0.1) is 11.8 Å². The van der Waals surface area contributed by atoms with Gasteiger partial charge in [0.2, 0.25) is 0 Å². The minimum atomic E-state index is -4.36. The van der Waals surface area contributed by atoms with Crippen molar-refractivity contribution in [3.63, 3.8) is 0 Å². The van der Waals surface area contributed by atoms with Crippen LogP contribution in [-0.4, -0.2) is 10.9 Å². The van der Waals surface area contributed by atoms with Crippen LogP contribution in [0.25, 0.3) is 0 Å². The van der Waals surface area contributed by atoms with Gasteiger partial charge in [-0.05, 0) is 43.2 Å². The van der Waals surface area contributed by atoms with Crippen molar-refractivity contribution in [2.45, 2.75) is 36.9 Å². The van der Waals surface area contributed by atoms with Gasteiger partial charge in [-0.2, -0.15) is 13.2 Å². The quantitative estimate of drug-likeness (QED) is 0.735. The van der Waals surface area contributed by atoms with E-state index in [2.05, 4.69) is 0 Å². The predicted octanol–water partition coefficient (Wildman–Crippen LogP) is 5.40. The zero-order chi connectivity index (χ0) is 17.1. The topological polar surface area (TPSA) is 20.2 Å². The zero-order valence-corrected chi connectivity index (χ0v) is 13.8. The summed E-state index contributed by atoms with van der Waals surface area (Å²) in [5.41, 5.74) is -0.194. The Bertz CT molecular complexity index is 635. The molecule has 0 spiro atoms. The number of halogens is 3. The highest BCUT2D eigenvalue weighted by Gasteiger charge is 2.32. The molecule has 0 saturated heterocycles. The summed E-state index contributed by atoms with van der Waals surface area (Å²) in [4.78, 5) is 1.02. The third-order valence-electron chi connectivity index (χ3n) is 3.83. The first-order chi connectivity index (χ1) is 10.7. The molecule has 0 fully saturated rings. The van der Waals surface area contributed by atoms with Gasteiger partial charge >= 0.3 is 6.18 Å². The highest BCUT2D eigenvalue weighted by molar-refractivity contribution is 7.99. The number of hydrogen-bond acceptors (Lipinski definition) is 2. The predicted molar refractivity (Wildman–Crippen MR) is 87.5 cm³/mol. The first-order valence-corrected chi connectivity index (χ1v) is 8.33. The molecule has 0 aliphatic heterocycles. The van der Waals surface area contributed by atoms with Gasteiger partial charge in [0, 0.05) is 10.6 Å². The molecule has 1 N–H and O–H groups in total. The van der Waals surface area contributed by atoms with E-state index in [4.69, 9.17) is 0 Å². The molecule has 0 saturated carbocycles. The molecule has 23 heavy (non-hydrogen) atoms. The van der Waals surface area contributed by atoms with Gasteiger partial charge in [0.05, 0.1) is 11.2 Å². The van der Waals surface area contributed by atoms with Crippen LogP contribution in [0.15, 0.2) is 53.4 Å². The smallest absolute Gasteiger partial charge is 0.384 e. The number of aryl methyl sites for hydroxylation is 1. The third kappa shape index (κ3) is 4.52. The molecular weight excluding hydrogens is 321 g/mol. The third-order valence-corrected chi connectivity index (χ3v) is 5.06. The summed E-state index contributed by atoms with van der Waals surface area (Å²) >= 11 is 1.49. The minimum Gasteiger partial charge on any atom is -0.384 e. The number of rotatable bonds is 5. The number of alkyl halides is 3. The van der Waals surface area contributed by atoms with Crippen molar-refractivity contribution in [1.29, 1.82) is 0 Å². The maximum Gasteiger partial charge on any atom is 0.416 e. The van der Waals surface area contributed by atoms with E-state index in [1.165, 1.54) is 23.9 Å². The van der Waals surface area contributed by atoms with E-state index in [1.54, 1.807) is 0 Å². The summed E-state index contributed by atoms with van der Waals surface area (Å²) in [5.74, 6) is 0.387. The lowest BCUT2D eigenvalue weighted by molar-refractivity contribution is -0.137. The molecular formula is C18H19F3OS. The normalized spacial score (nSPS) is 14.5. The van der Waals surface area contributed by atoms with E-state index in [-0.39, 0.29) is 0 Å². The maximum absolute atomic E-state index is 12.6. The Labute approximate surface area is 138 Å². The molecule has 0 aromatic heterocycles. The fraction of sp³-hybridized carbons (Fsp3) is 0.333. The van der Waals surface area contributed by atoms with Gasteiger partial charge in [0.15, 0.2) is 0 Å². The summed E-state index contributed by atoms with van der Waals surface area (Å²) in [6, 6.07) is 12.7. The van der Waals surface area contributed by atoms with E-state index in [9.17, 15) is 18.3 Å². The molecule has 1 atom stereocenters. The molecule has 0 heterocycles. The first kappa shape index (κ1) is 17.9. The van der Waals surface area contributed by atoms with Crippen molar-refractivity contribution < 1.29 is 18.3 Å². The van der Waals surface area contributed by atoms with Gasteiger partial charge in [0.1, 0.15) is 0 Å².